The van der Waals surface area contributed by atoms with Crippen LogP contribution in [0.25, 0.3) is 6.08 Å². The van der Waals surface area contributed by atoms with Crippen LogP contribution in [0.2, 0.25) is 0 Å². The highest BCUT2D eigenvalue weighted by Crippen LogP contribution is 2.61. The van der Waals surface area contributed by atoms with Gasteiger partial charge in [0.15, 0.2) is 0 Å². The average molecular weight is 271 g/mol. The zero-order chi connectivity index (χ0) is 14.9. The number of benzene rings is 1. The number of carboxylic acids is 1. The molecule has 2 atom stereocenters. The molecule has 0 bridgehead atoms. The molecule has 20 heavy (non-hydrogen) atoms. The van der Waals surface area contributed by atoms with Crippen LogP contribution in [-0.2, 0) is 4.79 Å². The lowest BCUT2D eigenvalue weighted by atomic mass is 10.0. The van der Waals surface area contributed by atoms with Gasteiger partial charge in [0.2, 0.25) is 0 Å². The first-order valence-electron chi connectivity index (χ1n) is 6.40. The van der Waals surface area contributed by atoms with Crippen LogP contribution in [0.4, 0.5) is 0 Å². The molecule has 0 saturated heterocycles. The van der Waals surface area contributed by atoms with Crippen LogP contribution < -0.4 is 4.74 Å². The standard InChI is InChI=1S/C16H17NO3/c1-16(2)13(14(16)15(18)19)11(9-17)8-10-4-6-12(20-3)7-5-10/h4-8,13-14H,1-3H3,(H,18,19)/t13-,14+/m1/s1. The molecule has 4 heteroatoms. The van der Waals surface area contributed by atoms with Crippen LogP contribution in [-0.4, -0.2) is 18.2 Å². The molecule has 1 saturated carbocycles. The Hall–Kier alpha value is -2.28. The van der Waals surface area contributed by atoms with E-state index in [9.17, 15) is 15.2 Å². The van der Waals surface area contributed by atoms with Crippen molar-refractivity contribution in [3.05, 3.63) is 35.4 Å². The first-order valence-corrected chi connectivity index (χ1v) is 6.40. The van der Waals surface area contributed by atoms with Gasteiger partial charge in [-0.2, -0.15) is 5.26 Å². The van der Waals surface area contributed by atoms with Gasteiger partial charge in [-0.05, 0) is 29.2 Å². The van der Waals surface area contributed by atoms with E-state index < -0.39 is 11.9 Å². The molecular formula is C16H17NO3. The minimum absolute atomic E-state index is 0.216. The maximum atomic E-state index is 11.2. The Bertz CT molecular complexity index is 593. The van der Waals surface area contributed by atoms with Crippen LogP contribution in [0.15, 0.2) is 29.8 Å². The van der Waals surface area contributed by atoms with E-state index in [4.69, 9.17) is 4.74 Å². The summed E-state index contributed by atoms with van der Waals surface area (Å²) in [6.45, 7) is 3.77. The van der Waals surface area contributed by atoms with E-state index in [0.29, 0.717) is 5.57 Å². The Kier molecular flexibility index (Phi) is 3.54. The van der Waals surface area contributed by atoms with Gasteiger partial charge in [-0.15, -0.1) is 0 Å². The summed E-state index contributed by atoms with van der Waals surface area (Å²) in [5, 5.41) is 18.5. The summed E-state index contributed by atoms with van der Waals surface area (Å²) in [6.07, 6.45) is 1.76. The van der Waals surface area contributed by atoms with Gasteiger partial charge in [-0.1, -0.05) is 26.0 Å². The maximum Gasteiger partial charge on any atom is 0.307 e. The molecule has 4 nitrogen and oxygen atoms in total. The molecule has 1 fully saturated rings. The monoisotopic (exact) mass is 271 g/mol. The zero-order valence-electron chi connectivity index (χ0n) is 11.8. The third-order valence-electron chi connectivity index (χ3n) is 4.00. The number of carboxylic acid groups (broad SMARTS) is 1. The average Bonchev–Trinajstić information content (AvgIpc) is 2.99. The second kappa shape index (κ2) is 5.01. The van der Waals surface area contributed by atoms with Gasteiger partial charge in [-0.3, -0.25) is 4.79 Å². The van der Waals surface area contributed by atoms with E-state index in [-0.39, 0.29) is 11.3 Å². The number of hydrogen-bond donors (Lipinski definition) is 1. The first-order chi connectivity index (χ1) is 9.41. The molecule has 1 aromatic carbocycles. The predicted molar refractivity (Wildman–Crippen MR) is 75.0 cm³/mol. The minimum atomic E-state index is -0.837. The normalized spacial score (nSPS) is 23.8. The molecule has 0 spiro atoms. The Morgan fingerprint density at radius 1 is 1.35 bits per heavy atom. The van der Waals surface area contributed by atoms with E-state index in [1.165, 1.54) is 0 Å². The highest BCUT2D eigenvalue weighted by molar-refractivity contribution is 5.78. The molecule has 0 heterocycles. The van der Waals surface area contributed by atoms with Crippen LogP contribution in [0, 0.1) is 28.6 Å². The second-order valence-corrected chi connectivity index (χ2v) is 5.60. The molecule has 104 valence electrons. The van der Waals surface area contributed by atoms with Crippen molar-refractivity contribution in [1.82, 2.24) is 0 Å². The molecule has 1 aliphatic rings. The highest BCUT2D eigenvalue weighted by atomic mass is 16.5. The van der Waals surface area contributed by atoms with Gasteiger partial charge in [0.05, 0.1) is 19.1 Å². The second-order valence-electron chi connectivity index (χ2n) is 5.60. The maximum absolute atomic E-state index is 11.2. The number of ether oxygens (including phenoxy) is 1. The molecule has 0 unspecified atom stereocenters. The summed E-state index contributed by atoms with van der Waals surface area (Å²) >= 11 is 0. The van der Waals surface area contributed by atoms with Crippen LogP contribution >= 0.6 is 0 Å². The third kappa shape index (κ3) is 2.39. The Morgan fingerprint density at radius 2 is 1.95 bits per heavy atom. The number of nitriles is 1. The van der Waals surface area contributed by atoms with Gasteiger partial charge < -0.3 is 9.84 Å². The highest BCUT2D eigenvalue weighted by Gasteiger charge is 2.63. The number of nitrogens with zero attached hydrogens (tertiary/aromatic N) is 1. The number of methoxy groups -OCH3 is 1. The lowest BCUT2D eigenvalue weighted by Crippen LogP contribution is -2.03. The summed E-state index contributed by atoms with van der Waals surface area (Å²) in [6, 6.07) is 9.47. The van der Waals surface area contributed by atoms with Crippen molar-refractivity contribution in [3.8, 4) is 11.8 Å². The van der Waals surface area contributed by atoms with Crippen molar-refractivity contribution in [2.24, 2.45) is 17.3 Å². The summed E-state index contributed by atoms with van der Waals surface area (Å²) in [4.78, 5) is 11.2. The van der Waals surface area contributed by atoms with Crippen molar-refractivity contribution in [1.29, 1.82) is 5.26 Å². The predicted octanol–water partition coefficient (Wildman–Crippen LogP) is 2.96. The molecule has 2 rings (SSSR count). The van der Waals surface area contributed by atoms with Crippen molar-refractivity contribution in [2.75, 3.05) is 7.11 Å². The van der Waals surface area contributed by atoms with Gasteiger partial charge >= 0.3 is 5.97 Å². The van der Waals surface area contributed by atoms with Gasteiger partial charge in [0.25, 0.3) is 0 Å². The number of aliphatic carboxylic acids is 1. The lowest BCUT2D eigenvalue weighted by molar-refractivity contribution is -0.139. The quantitative estimate of drug-likeness (QED) is 0.855. The molecule has 1 N–H and O–H groups in total. The SMILES string of the molecule is COc1ccc(C=C(C#N)[C@@H]2[C@@H](C(=O)O)C2(C)C)cc1. The number of hydrogen-bond acceptors (Lipinski definition) is 3. The Morgan fingerprint density at radius 3 is 2.35 bits per heavy atom. The zero-order valence-corrected chi connectivity index (χ0v) is 11.8. The fraction of sp³-hybridized carbons (Fsp3) is 0.375. The fourth-order valence-corrected chi connectivity index (χ4v) is 2.75. The van der Waals surface area contributed by atoms with Gasteiger partial charge in [0.1, 0.15) is 5.75 Å². The summed E-state index contributed by atoms with van der Waals surface area (Å²) < 4.78 is 5.08. The van der Waals surface area contributed by atoms with Crippen LogP contribution in [0.5, 0.6) is 5.75 Å². The minimum Gasteiger partial charge on any atom is -0.497 e. The van der Waals surface area contributed by atoms with Crippen LogP contribution in [0.3, 0.4) is 0 Å². The summed E-state index contributed by atoms with van der Waals surface area (Å²) in [5.74, 6) is -0.787. The molecule has 1 aromatic rings. The molecule has 0 amide bonds. The molecule has 0 aromatic heterocycles. The van der Waals surface area contributed by atoms with E-state index in [1.54, 1.807) is 13.2 Å². The Balaban J connectivity index is 2.27. The number of carbonyl (C=O) groups is 1. The van der Waals surface area contributed by atoms with Gasteiger partial charge in [-0.25, -0.2) is 0 Å². The number of allylic oxidation sites excluding steroid dienone is 1. The lowest BCUT2D eigenvalue weighted by Gasteiger charge is -2.02. The third-order valence-corrected chi connectivity index (χ3v) is 4.00. The first kappa shape index (κ1) is 14.1. The van der Waals surface area contributed by atoms with E-state index in [2.05, 4.69) is 6.07 Å². The van der Waals surface area contributed by atoms with Gasteiger partial charge in [0, 0.05) is 11.5 Å². The largest absolute Gasteiger partial charge is 0.497 e. The number of rotatable bonds is 4. The summed E-state index contributed by atoms with van der Waals surface area (Å²) in [5.41, 5.74) is 1.03. The smallest absolute Gasteiger partial charge is 0.307 e. The summed E-state index contributed by atoms with van der Waals surface area (Å²) in [7, 11) is 1.59. The molecular weight excluding hydrogens is 254 g/mol. The van der Waals surface area contributed by atoms with Crippen molar-refractivity contribution in [2.45, 2.75) is 13.8 Å². The van der Waals surface area contributed by atoms with E-state index >= 15 is 0 Å². The molecule has 0 aliphatic heterocycles. The van der Waals surface area contributed by atoms with Crippen LogP contribution in [0.1, 0.15) is 19.4 Å². The van der Waals surface area contributed by atoms with E-state index in [1.807, 2.05) is 38.1 Å². The topological polar surface area (TPSA) is 70.3 Å². The van der Waals surface area contributed by atoms with E-state index in [0.717, 1.165) is 11.3 Å². The Labute approximate surface area is 118 Å². The van der Waals surface area contributed by atoms with Crippen molar-refractivity contribution >= 4 is 12.0 Å². The van der Waals surface area contributed by atoms with Crippen molar-refractivity contribution < 1.29 is 14.6 Å². The molecule has 0 radical (unpaired) electrons. The van der Waals surface area contributed by atoms with Crippen molar-refractivity contribution in [3.63, 3.8) is 0 Å². The fourth-order valence-electron chi connectivity index (χ4n) is 2.75. The molecule has 1 aliphatic carbocycles.